The summed E-state index contributed by atoms with van der Waals surface area (Å²) in [5, 5.41) is 11.2. The Balaban J connectivity index is 2.10. The number of amides is 1. The topological polar surface area (TPSA) is 118 Å². The quantitative estimate of drug-likeness (QED) is 0.462. The maximum Gasteiger partial charge on any atom is 0.405 e. The molecule has 0 aliphatic heterocycles. The van der Waals surface area contributed by atoms with Crippen LogP contribution in [0, 0.1) is 5.82 Å². The van der Waals surface area contributed by atoms with Gasteiger partial charge in [-0.1, -0.05) is 30.3 Å². The fraction of sp³-hybridized carbons (Fsp3) is 0.0870. The summed E-state index contributed by atoms with van der Waals surface area (Å²) in [7, 11) is -4.08. The number of aromatic nitrogens is 2. The molecule has 0 spiro atoms. The van der Waals surface area contributed by atoms with Crippen molar-refractivity contribution in [1.82, 2.24) is 14.9 Å². The molecule has 10 heteroatoms. The van der Waals surface area contributed by atoms with E-state index in [0.717, 1.165) is 10.6 Å². The van der Waals surface area contributed by atoms with Crippen LogP contribution in [0.25, 0.3) is 16.6 Å². The number of benzene rings is 3. The van der Waals surface area contributed by atoms with Crippen molar-refractivity contribution in [2.24, 2.45) is 0 Å². The van der Waals surface area contributed by atoms with E-state index in [1.54, 1.807) is 18.2 Å². The molecule has 1 heterocycles. The van der Waals surface area contributed by atoms with Gasteiger partial charge in [0.1, 0.15) is 11.6 Å². The zero-order chi connectivity index (χ0) is 23.8. The molecule has 2 N–H and O–H groups in total. The third-order valence-electron chi connectivity index (χ3n) is 5.02. The second kappa shape index (κ2) is 8.47. The second-order valence-corrected chi connectivity index (χ2v) is 9.15. The smallest absolute Gasteiger partial charge is 0.405 e. The van der Waals surface area contributed by atoms with Crippen LogP contribution < -0.4 is 10.9 Å². The van der Waals surface area contributed by atoms with Crippen LogP contribution >= 0.6 is 0 Å². The van der Waals surface area contributed by atoms with Crippen molar-refractivity contribution in [2.45, 2.75) is 22.8 Å². The molecular formula is C23H18FN3O5S. The number of hydrogen-bond donors (Lipinski definition) is 2. The van der Waals surface area contributed by atoms with E-state index in [1.165, 1.54) is 55.5 Å². The Morgan fingerprint density at radius 1 is 1.06 bits per heavy atom. The van der Waals surface area contributed by atoms with Gasteiger partial charge in [-0.05, 0) is 49.4 Å². The largest absolute Gasteiger partial charge is 0.465 e. The van der Waals surface area contributed by atoms with Gasteiger partial charge >= 0.3 is 6.09 Å². The van der Waals surface area contributed by atoms with E-state index in [4.69, 9.17) is 5.11 Å². The van der Waals surface area contributed by atoms with Crippen LogP contribution in [0.1, 0.15) is 18.8 Å². The van der Waals surface area contributed by atoms with E-state index in [0.29, 0.717) is 0 Å². The van der Waals surface area contributed by atoms with Crippen LogP contribution in [-0.4, -0.2) is 29.2 Å². The normalized spacial score (nSPS) is 12.4. The monoisotopic (exact) mass is 467 g/mol. The fourth-order valence-corrected chi connectivity index (χ4v) is 5.06. The van der Waals surface area contributed by atoms with Gasteiger partial charge in [0, 0.05) is 0 Å². The molecule has 0 fully saturated rings. The van der Waals surface area contributed by atoms with Crippen LogP contribution in [0.3, 0.4) is 0 Å². The molecule has 0 radical (unpaired) electrons. The SMILES string of the molecule is CC(NC(=O)O)c1nc2cccc(S(=O)(=O)c3ccccc3)c2c(=O)n1-c1cccc(F)c1. The van der Waals surface area contributed by atoms with Crippen LogP contribution in [0.2, 0.25) is 0 Å². The molecule has 0 bridgehead atoms. The maximum absolute atomic E-state index is 14.0. The molecule has 1 amide bonds. The Kier molecular flexibility index (Phi) is 5.69. The lowest BCUT2D eigenvalue weighted by Gasteiger charge is -2.19. The van der Waals surface area contributed by atoms with Gasteiger partial charge in [0.25, 0.3) is 5.56 Å². The first-order chi connectivity index (χ1) is 15.7. The van der Waals surface area contributed by atoms with Crippen molar-refractivity contribution in [2.75, 3.05) is 0 Å². The third-order valence-corrected chi connectivity index (χ3v) is 6.83. The average Bonchev–Trinajstić information content (AvgIpc) is 2.78. The minimum atomic E-state index is -4.08. The highest BCUT2D eigenvalue weighted by atomic mass is 32.2. The number of hydrogen-bond acceptors (Lipinski definition) is 5. The number of nitrogens with zero attached hydrogens (tertiary/aromatic N) is 2. The number of carbonyl (C=O) groups is 1. The highest BCUT2D eigenvalue weighted by molar-refractivity contribution is 7.91. The van der Waals surface area contributed by atoms with Gasteiger partial charge in [-0.25, -0.2) is 22.6 Å². The van der Waals surface area contributed by atoms with Crippen molar-refractivity contribution >= 4 is 26.8 Å². The van der Waals surface area contributed by atoms with E-state index < -0.39 is 33.3 Å². The second-order valence-electron chi connectivity index (χ2n) is 7.23. The van der Waals surface area contributed by atoms with Gasteiger partial charge < -0.3 is 10.4 Å². The Morgan fingerprint density at radius 3 is 2.42 bits per heavy atom. The van der Waals surface area contributed by atoms with Gasteiger partial charge in [0.2, 0.25) is 9.84 Å². The number of fused-ring (bicyclic) bond motifs is 1. The Labute approximate surface area is 187 Å². The minimum Gasteiger partial charge on any atom is -0.465 e. The van der Waals surface area contributed by atoms with Crippen molar-refractivity contribution in [3.8, 4) is 5.69 Å². The number of nitrogens with one attached hydrogen (secondary N) is 1. The van der Waals surface area contributed by atoms with E-state index >= 15 is 0 Å². The first kappa shape index (κ1) is 22.2. The molecule has 1 unspecified atom stereocenters. The highest BCUT2D eigenvalue weighted by Gasteiger charge is 2.26. The standard InChI is InChI=1S/C23H18FN3O5S/c1-14(25-23(29)30)21-26-18-11-6-12-19(33(31,32)17-9-3-2-4-10-17)20(18)22(28)27(21)16-8-5-7-15(24)13-16/h2-14,25H,1H3,(H,29,30). The molecule has 168 valence electrons. The number of rotatable bonds is 5. The maximum atomic E-state index is 14.0. The summed E-state index contributed by atoms with van der Waals surface area (Å²) < 4.78 is 41.7. The molecule has 33 heavy (non-hydrogen) atoms. The zero-order valence-corrected chi connectivity index (χ0v) is 18.1. The van der Waals surface area contributed by atoms with Gasteiger partial charge in [-0.2, -0.15) is 0 Å². The van der Waals surface area contributed by atoms with Gasteiger partial charge in [0.15, 0.2) is 0 Å². The van der Waals surface area contributed by atoms with Crippen LogP contribution in [0.5, 0.6) is 0 Å². The summed E-state index contributed by atoms with van der Waals surface area (Å²) in [6.07, 6.45) is -1.34. The molecule has 1 aromatic heterocycles. The summed E-state index contributed by atoms with van der Waals surface area (Å²) >= 11 is 0. The molecule has 0 aliphatic carbocycles. The first-order valence-corrected chi connectivity index (χ1v) is 11.3. The summed E-state index contributed by atoms with van der Waals surface area (Å²) in [6.45, 7) is 1.47. The van der Waals surface area contributed by atoms with Crippen LogP contribution in [-0.2, 0) is 9.84 Å². The van der Waals surface area contributed by atoms with E-state index in [9.17, 15) is 22.4 Å². The lowest BCUT2D eigenvalue weighted by Crippen LogP contribution is -2.33. The van der Waals surface area contributed by atoms with Crippen LogP contribution in [0.4, 0.5) is 9.18 Å². The van der Waals surface area contributed by atoms with E-state index in [2.05, 4.69) is 10.3 Å². The number of halogens is 1. The summed E-state index contributed by atoms with van der Waals surface area (Å²) in [4.78, 5) is 29.1. The number of sulfone groups is 1. The molecule has 0 saturated carbocycles. The summed E-state index contributed by atoms with van der Waals surface area (Å²) in [6, 6.07) is 16.0. The Morgan fingerprint density at radius 2 is 1.76 bits per heavy atom. The minimum absolute atomic E-state index is 0.000746. The molecule has 4 rings (SSSR count). The molecular weight excluding hydrogens is 449 g/mol. The molecule has 8 nitrogen and oxygen atoms in total. The molecule has 1 atom stereocenters. The first-order valence-electron chi connectivity index (χ1n) is 9.81. The van der Waals surface area contributed by atoms with E-state index in [1.807, 2.05) is 0 Å². The average molecular weight is 467 g/mol. The predicted octanol–water partition coefficient (Wildman–Crippen LogP) is 3.69. The lowest BCUT2D eigenvalue weighted by atomic mass is 10.2. The molecule has 0 saturated heterocycles. The molecule has 3 aromatic carbocycles. The zero-order valence-electron chi connectivity index (χ0n) is 17.3. The predicted molar refractivity (Wildman–Crippen MR) is 119 cm³/mol. The number of carboxylic acid groups (broad SMARTS) is 1. The van der Waals surface area contributed by atoms with Crippen LogP contribution in [0.15, 0.2) is 87.4 Å². The lowest BCUT2D eigenvalue weighted by molar-refractivity contribution is 0.190. The summed E-state index contributed by atoms with van der Waals surface area (Å²) in [5.41, 5.74) is -0.621. The molecule has 4 aromatic rings. The van der Waals surface area contributed by atoms with E-state index in [-0.39, 0.29) is 32.2 Å². The summed E-state index contributed by atoms with van der Waals surface area (Å²) in [5.74, 6) is -0.649. The van der Waals surface area contributed by atoms with Crippen molar-refractivity contribution in [1.29, 1.82) is 0 Å². The van der Waals surface area contributed by atoms with Crippen molar-refractivity contribution in [3.63, 3.8) is 0 Å². The Bertz CT molecular complexity index is 1540. The van der Waals surface area contributed by atoms with Crippen molar-refractivity contribution < 1.29 is 22.7 Å². The van der Waals surface area contributed by atoms with Gasteiger partial charge in [0.05, 0.1) is 32.4 Å². The van der Waals surface area contributed by atoms with Gasteiger partial charge in [-0.15, -0.1) is 0 Å². The van der Waals surface area contributed by atoms with Gasteiger partial charge in [-0.3, -0.25) is 9.36 Å². The third kappa shape index (κ3) is 4.08. The Hall–Kier alpha value is -4.05. The molecule has 0 aliphatic rings. The fourth-order valence-electron chi connectivity index (χ4n) is 3.57. The highest BCUT2D eigenvalue weighted by Crippen LogP contribution is 2.27. The van der Waals surface area contributed by atoms with Crippen molar-refractivity contribution in [3.05, 3.63) is 94.8 Å².